The van der Waals surface area contributed by atoms with Gasteiger partial charge in [-0.1, -0.05) is 0 Å². The second-order valence-electron chi connectivity index (χ2n) is 3.67. The van der Waals surface area contributed by atoms with Crippen LogP contribution in [-0.4, -0.2) is 34.4 Å². The van der Waals surface area contributed by atoms with Crippen molar-refractivity contribution in [2.24, 2.45) is 0 Å². The van der Waals surface area contributed by atoms with Crippen LogP contribution in [-0.2, 0) is 9.53 Å². The number of hydrogen-bond acceptors (Lipinski definition) is 5. The Kier molecular flexibility index (Phi) is 4.53. The fourth-order valence-corrected chi connectivity index (χ4v) is 1.33. The van der Waals surface area contributed by atoms with Crippen molar-refractivity contribution in [2.45, 2.75) is 25.6 Å². The highest BCUT2D eigenvalue weighted by Crippen LogP contribution is 2.20. The smallest absolute Gasteiger partial charge is 0.308 e. The maximum atomic E-state index is 12.9. The summed E-state index contributed by atoms with van der Waals surface area (Å²) in [6, 6.07) is 1.37. The van der Waals surface area contributed by atoms with E-state index in [9.17, 15) is 19.4 Å². The molecule has 2 unspecified atom stereocenters. The van der Waals surface area contributed by atoms with E-state index in [4.69, 9.17) is 0 Å². The summed E-state index contributed by atoms with van der Waals surface area (Å²) in [6.45, 7) is 1.49. The lowest BCUT2D eigenvalue weighted by Gasteiger charge is -2.17. The number of methoxy groups -OCH3 is 1. The Morgan fingerprint density at radius 1 is 1.59 bits per heavy atom. The zero-order valence-electron chi connectivity index (χ0n) is 9.55. The lowest BCUT2D eigenvalue weighted by Crippen LogP contribution is -2.22. The van der Waals surface area contributed by atoms with Crippen molar-refractivity contribution >= 4 is 5.97 Å². The van der Waals surface area contributed by atoms with E-state index in [0.29, 0.717) is 0 Å². The summed E-state index contributed by atoms with van der Waals surface area (Å²) >= 11 is 0. The number of aliphatic hydroxyl groups excluding tert-OH is 2. The summed E-state index contributed by atoms with van der Waals surface area (Å²) in [4.78, 5) is 14.3. The number of esters is 1. The van der Waals surface area contributed by atoms with Gasteiger partial charge in [0, 0.05) is 17.3 Å². The van der Waals surface area contributed by atoms with Crippen LogP contribution in [0.2, 0.25) is 0 Å². The second-order valence-corrected chi connectivity index (χ2v) is 3.67. The van der Waals surface area contributed by atoms with Crippen LogP contribution < -0.4 is 0 Å². The van der Waals surface area contributed by atoms with Crippen LogP contribution in [0, 0.1) is 12.9 Å². The highest BCUT2D eigenvalue weighted by atomic mass is 19.1. The molecule has 0 aromatic carbocycles. The molecule has 5 nitrogen and oxygen atoms in total. The van der Waals surface area contributed by atoms with Gasteiger partial charge in [-0.05, 0) is 13.0 Å². The number of carbonyl (C=O) groups is 1. The van der Waals surface area contributed by atoms with Crippen molar-refractivity contribution in [3.05, 3.63) is 29.3 Å². The summed E-state index contributed by atoms with van der Waals surface area (Å²) in [5.74, 6) is -1.27. The Balaban J connectivity index is 2.77. The molecule has 17 heavy (non-hydrogen) atoms. The van der Waals surface area contributed by atoms with Gasteiger partial charge < -0.3 is 14.9 Å². The number of halogens is 1. The third-order valence-electron chi connectivity index (χ3n) is 2.34. The molecule has 0 aliphatic rings. The molecular formula is C11H14FNO4. The fourth-order valence-electron chi connectivity index (χ4n) is 1.33. The molecule has 0 bridgehead atoms. The number of carbonyl (C=O) groups excluding carboxylic acids is 1. The standard InChI is InChI=1S/C11H14FNO4/c1-6-3-7(5-13-11(6)12)10(16)8(14)4-9(15)17-2/h3,5,8,10,14,16H,4H2,1-2H3. The highest BCUT2D eigenvalue weighted by molar-refractivity contribution is 5.69. The number of aliphatic hydroxyl groups is 2. The van der Waals surface area contributed by atoms with Crippen LogP contribution in [0.3, 0.4) is 0 Å². The molecule has 0 amide bonds. The van der Waals surface area contributed by atoms with Crippen LogP contribution in [0.15, 0.2) is 12.3 Å². The number of aromatic nitrogens is 1. The molecule has 6 heteroatoms. The number of ether oxygens (including phenoxy) is 1. The third kappa shape index (κ3) is 3.47. The molecule has 0 aliphatic carbocycles. The van der Waals surface area contributed by atoms with E-state index in [0.717, 1.165) is 6.20 Å². The van der Waals surface area contributed by atoms with Gasteiger partial charge in [-0.3, -0.25) is 4.79 Å². The minimum absolute atomic E-state index is 0.250. The summed E-state index contributed by atoms with van der Waals surface area (Å²) in [6.07, 6.45) is -1.84. The Hall–Kier alpha value is -1.53. The molecule has 2 N–H and O–H groups in total. The van der Waals surface area contributed by atoms with Gasteiger partial charge in [-0.2, -0.15) is 4.39 Å². The van der Waals surface area contributed by atoms with Crippen LogP contribution >= 0.6 is 0 Å². The maximum Gasteiger partial charge on any atom is 0.308 e. The third-order valence-corrected chi connectivity index (χ3v) is 2.34. The molecule has 0 aliphatic heterocycles. The molecular weight excluding hydrogens is 229 g/mol. The lowest BCUT2D eigenvalue weighted by molar-refractivity contribution is -0.144. The molecule has 0 saturated carbocycles. The number of rotatable bonds is 4. The van der Waals surface area contributed by atoms with Gasteiger partial charge in [-0.15, -0.1) is 0 Å². The van der Waals surface area contributed by atoms with Gasteiger partial charge >= 0.3 is 5.97 Å². The predicted molar refractivity (Wildman–Crippen MR) is 56.5 cm³/mol. The minimum atomic E-state index is -1.31. The second kappa shape index (κ2) is 5.70. The largest absolute Gasteiger partial charge is 0.469 e. The van der Waals surface area contributed by atoms with Gasteiger partial charge in [-0.25, -0.2) is 4.98 Å². The van der Waals surface area contributed by atoms with Crippen molar-refractivity contribution in [3.8, 4) is 0 Å². The summed E-state index contributed by atoms with van der Waals surface area (Å²) in [5, 5.41) is 19.3. The Morgan fingerprint density at radius 3 is 2.76 bits per heavy atom. The molecule has 1 rings (SSSR count). The zero-order chi connectivity index (χ0) is 13.0. The maximum absolute atomic E-state index is 12.9. The number of pyridine rings is 1. The van der Waals surface area contributed by atoms with E-state index in [-0.39, 0.29) is 17.5 Å². The van der Waals surface area contributed by atoms with Gasteiger partial charge in [0.05, 0.1) is 19.6 Å². The Morgan fingerprint density at radius 2 is 2.24 bits per heavy atom. The zero-order valence-corrected chi connectivity index (χ0v) is 9.55. The van der Waals surface area contributed by atoms with Gasteiger partial charge in [0.1, 0.15) is 6.10 Å². The first-order valence-electron chi connectivity index (χ1n) is 5.00. The molecule has 1 heterocycles. The first kappa shape index (κ1) is 13.5. The van der Waals surface area contributed by atoms with Crippen molar-refractivity contribution < 1.29 is 24.1 Å². The molecule has 0 radical (unpaired) electrons. The number of hydrogen-bond donors (Lipinski definition) is 2. The molecule has 2 atom stereocenters. The van der Waals surface area contributed by atoms with Crippen molar-refractivity contribution in [3.63, 3.8) is 0 Å². The quantitative estimate of drug-likeness (QED) is 0.594. The van der Waals surface area contributed by atoms with E-state index < -0.39 is 24.1 Å². The van der Waals surface area contributed by atoms with E-state index in [1.165, 1.54) is 20.1 Å². The van der Waals surface area contributed by atoms with Gasteiger partial charge in [0.25, 0.3) is 0 Å². The van der Waals surface area contributed by atoms with E-state index in [1.807, 2.05) is 0 Å². The molecule has 0 spiro atoms. The average Bonchev–Trinajstić information content (AvgIpc) is 2.31. The number of aryl methyl sites for hydroxylation is 1. The van der Waals surface area contributed by atoms with Crippen molar-refractivity contribution in [2.75, 3.05) is 7.11 Å². The fraction of sp³-hybridized carbons (Fsp3) is 0.455. The molecule has 0 fully saturated rings. The van der Waals surface area contributed by atoms with E-state index in [1.54, 1.807) is 0 Å². The minimum Gasteiger partial charge on any atom is -0.469 e. The van der Waals surface area contributed by atoms with E-state index in [2.05, 4.69) is 9.72 Å². The first-order chi connectivity index (χ1) is 7.95. The van der Waals surface area contributed by atoms with Crippen molar-refractivity contribution in [1.82, 2.24) is 4.98 Å². The van der Waals surface area contributed by atoms with Crippen LogP contribution in [0.1, 0.15) is 23.7 Å². The van der Waals surface area contributed by atoms with E-state index >= 15 is 0 Å². The van der Waals surface area contributed by atoms with Crippen molar-refractivity contribution in [1.29, 1.82) is 0 Å². The van der Waals surface area contributed by atoms with Gasteiger partial charge in [0.2, 0.25) is 5.95 Å². The SMILES string of the molecule is COC(=O)CC(O)C(O)c1cnc(F)c(C)c1. The first-order valence-corrected chi connectivity index (χ1v) is 5.00. The predicted octanol–water partition coefficient (Wildman–Crippen LogP) is 0.487. The average molecular weight is 243 g/mol. The molecule has 94 valence electrons. The number of nitrogens with zero attached hydrogens (tertiary/aromatic N) is 1. The molecule has 1 aromatic rings. The topological polar surface area (TPSA) is 79.7 Å². The summed E-state index contributed by atoms with van der Waals surface area (Å²) in [5.41, 5.74) is 0.507. The normalized spacial score (nSPS) is 14.2. The molecule has 1 aromatic heterocycles. The Labute approximate surface area is 97.9 Å². The Bertz CT molecular complexity index is 410. The summed E-state index contributed by atoms with van der Waals surface area (Å²) < 4.78 is 17.3. The monoisotopic (exact) mass is 243 g/mol. The summed E-state index contributed by atoms with van der Waals surface area (Å²) in [7, 11) is 1.19. The van der Waals surface area contributed by atoms with Crippen LogP contribution in [0.5, 0.6) is 0 Å². The molecule has 0 saturated heterocycles. The lowest BCUT2D eigenvalue weighted by atomic mass is 10.0. The highest BCUT2D eigenvalue weighted by Gasteiger charge is 2.22. The van der Waals surface area contributed by atoms with Gasteiger partial charge in [0.15, 0.2) is 0 Å². The van der Waals surface area contributed by atoms with Crippen LogP contribution in [0.4, 0.5) is 4.39 Å². The van der Waals surface area contributed by atoms with Crippen LogP contribution in [0.25, 0.3) is 0 Å².